The fourth-order valence-electron chi connectivity index (χ4n) is 2.95. The summed E-state index contributed by atoms with van der Waals surface area (Å²) in [5.74, 6) is 0.729. The molecule has 0 spiro atoms. The van der Waals surface area contributed by atoms with E-state index in [1.807, 2.05) is 9.80 Å². The fraction of sp³-hybridized carbons (Fsp3) is 0.867. The molecule has 0 aromatic heterocycles. The van der Waals surface area contributed by atoms with Crippen molar-refractivity contribution in [1.29, 1.82) is 0 Å². The van der Waals surface area contributed by atoms with E-state index in [2.05, 4.69) is 19.2 Å². The van der Waals surface area contributed by atoms with Gasteiger partial charge in [0.2, 0.25) is 11.8 Å². The number of methoxy groups -OCH3 is 1. The molecule has 0 radical (unpaired) electrons. The van der Waals surface area contributed by atoms with E-state index in [9.17, 15) is 9.59 Å². The summed E-state index contributed by atoms with van der Waals surface area (Å²) in [6, 6.07) is -0.132. The normalized spacial score (nSPS) is 26.5. The van der Waals surface area contributed by atoms with E-state index in [4.69, 9.17) is 4.74 Å². The zero-order valence-electron chi connectivity index (χ0n) is 13.3. The van der Waals surface area contributed by atoms with Crippen LogP contribution in [0.5, 0.6) is 0 Å². The van der Waals surface area contributed by atoms with Gasteiger partial charge in [-0.2, -0.15) is 0 Å². The zero-order chi connectivity index (χ0) is 15.4. The van der Waals surface area contributed by atoms with Gasteiger partial charge in [-0.15, -0.1) is 0 Å². The molecule has 2 aliphatic rings. The molecule has 2 heterocycles. The van der Waals surface area contributed by atoms with Crippen LogP contribution in [0.4, 0.5) is 0 Å². The van der Waals surface area contributed by atoms with E-state index in [0.717, 1.165) is 13.0 Å². The summed E-state index contributed by atoms with van der Waals surface area (Å²) in [6.07, 6.45) is 1.46. The van der Waals surface area contributed by atoms with Gasteiger partial charge in [-0.3, -0.25) is 9.59 Å². The highest BCUT2D eigenvalue weighted by Gasteiger charge is 2.34. The van der Waals surface area contributed by atoms with Crippen LogP contribution < -0.4 is 5.32 Å². The molecule has 6 heteroatoms. The monoisotopic (exact) mass is 297 g/mol. The van der Waals surface area contributed by atoms with Crippen LogP contribution in [-0.2, 0) is 14.3 Å². The lowest BCUT2D eigenvalue weighted by atomic mass is 10.1. The largest absolute Gasteiger partial charge is 0.380 e. The van der Waals surface area contributed by atoms with Crippen LogP contribution in [0.15, 0.2) is 0 Å². The Bertz CT molecular complexity index is 378. The molecule has 120 valence electrons. The van der Waals surface area contributed by atoms with Crippen molar-refractivity contribution in [2.75, 3.05) is 39.8 Å². The molecule has 21 heavy (non-hydrogen) atoms. The number of hydrogen-bond donors (Lipinski definition) is 1. The molecule has 2 saturated heterocycles. The minimum atomic E-state index is -0.132. The minimum absolute atomic E-state index is 0.132. The molecule has 0 saturated carbocycles. The Morgan fingerprint density at radius 3 is 2.33 bits per heavy atom. The maximum absolute atomic E-state index is 12.4. The number of piperazine rings is 1. The van der Waals surface area contributed by atoms with Crippen molar-refractivity contribution in [3.05, 3.63) is 0 Å². The molecule has 2 unspecified atom stereocenters. The summed E-state index contributed by atoms with van der Waals surface area (Å²) in [7, 11) is 1.68. The second-order valence-electron chi connectivity index (χ2n) is 6.36. The predicted molar refractivity (Wildman–Crippen MR) is 79.8 cm³/mol. The third kappa shape index (κ3) is 4.17. The van der Waals surface area contributed by atoms with Gasteiger partial charge in [0.25, 0.3) is 0 Å². The molecule has 2 rings (SSSR count). The number of carbonyl (C=O) groups is 2. The average molecular weight is 297 g/mol. The van der Waals surface area contributed by atoms with Crippen LogP contribution in [0.2, 0.25) is 0 Å². The highest BCUT2D eigenvalue weighted by atomic mass is 16.5. The van der Waals surface area contributed by atoms with Gasteiger partial charge in [-0.05, 0) is 12.3 Å². The third-order valence-electron chi connectivity index (χ3n) is 4.25. The fourth-order valence-corrected chi connectivity index (χ4v) is 2.95. The number of amides is 2. The van der Waals surface area contributed by atoms with Gasteiger partial charge in [-0.1, -0.05) is 13.8 Å². The Morgan fingerprint density at radius 1 is 1.19 bits per heavy atom. The van der Waals surface area contributed by atoms with Crippen LogP contribution in [0, 0.1) is 5.92 Å². The van der Waals surface area contributed by atoms with Gasteiger partial charge >= 0.3 is 0 Å². The molecule has 0 aromatic carbocycles. The van der Waals surface area contributed by atoms with E-state index in [-0.39, 0.29) is 24.0 Å². The molecule has 2 amide bonds. The van der Waals surface area contributed by atoms with Crippen LogP contribution in [0.1, 0.15) is 26.7 Å². The second kappa shape index (κ2) is 7.22. The van der Waals surface area contributed by atoms with Crippen molar-refractivity contribution in [1.82, 2.24) is 15.1 Å². The lowest BCUT2D eigenvalue weighted by Gasteiger charge is -2.36. The van der Waals surface area contributed by atoms with Crippen molar-refractivity contribution in [2.45, 2.75) is 38.8 Å². The highest BCUT2D eigenvalue weighted by molar-refractivity contribution is 5.83. The molecule has 2 atom stereocenters. The van der Waals surface area contributed by atoms with Crippen LogP contribution >= 0.6 is 0 Å². The number of nitrogens with one attached hydrogen (secondary N) is 1. The van der Waals surface area contributed by atoms with Gasteiger partial charge < -0.3 is 19.9 Å². The zero-order valence-corrected chi connectivity index (χ0v) is 13.3. The average Bonchev–Trinajstić information content (AvgIpc) is 2.95. The molecule has 1 N–H and O–H groups in total. The van der Waals surface area contributed by atoms with E-state index in [0.29, 0.717) is 38.5 Å². The van der Waals surface area contributed by atoms with Crippen molar-refractivity contribution in [3.8, 4) is 0 Å². The lowest BCUT2D eigenvalue weighted by Crippen LogP contribution is -2.54. The summed E-state index contributed by atoms with van der Waals surface area (Å²) in [4.78, 5) is 28.2. The van der Waals surface area contributed by atoms with Crippen LogP contribution in [-0.4, -0.2) is 73.6 Å². The van der Waals surface area contributed by atoms with E-state index >= 15 is 0 Å². The quantitative estimate of drug-likeness (QED) is 0.798. The molecular formula is C15H27N3O3. The number of hydrogen-bond acceptors (Lipinski definition) is 4. The highest BCUT2D eigenvalue weighted by Crippen LogP contribution is 2.14. The van der Waals surface area contributed by atoms with Crippen LogP contribution in [0.3, 0.4) is 0 Å². The number of carbonyl (C=O) groups excluding carboxylic acids is 2. The van der Waals surface area contributed by atoms with Crippen LogP contribution in [0.25, 0.3) is 0 Å². The van der Waals surface area contributed by atoms with Crippen molar-refractivity contribution < 1.29 is 14.3 Å². The van der Waals surface area contributed by atoms with E-state index in [1.54, 1.807) is 7.11 Å². The standard InChI is InChI=1S/C15H27N3O3/c1-11(2)8-14(19)17-4-6-18(7-5-17)15(20)13-9-12(21-3)10-16-13/h11-13,16H,4-10H2,1-3H3. The van der Waals surface area contributed by atoms with Gasteiger partial charge in [0, 0.05) is 46.3 Å². The SMILES string of the molecule is COC1CNC(C(=O)N2CCN(C(=O)CC(C)C)CC2)C1. The first-order chi connectivity index (χ1) is 10.0. The third-order valence-corrected chi connectivity index (χ3v) is 4.25. The second-order valence-corrected chi connectivity index (χ2v) is 6.36. The Morgan fingerprint density at radius 2 is 1.81 bits per heavy atom. The Balaban J connectivity index is 1.78. The summed E-state index contributed by atoms with van der Waals surface area (Å²) in [5.41, 5.74) is 0. The Hall–Kier alpha value is -1.14. The maximum Gasteiger partial charge on any atom is 0.239 e. The van der Waals surface area contributed by atoms with Crippen molar-refractivity contribution in [2.24, 2.45) is 5.92 Å². The number of rotatable bonds is 4. The minimum Gasteiger partial charge on any atom is -0.380 e. The lowest BCUT2D eigenvalue weighted by molar-refractivity contribution is -0.141. The first kappa shape index (κ1) is 16.2. The Kier molecular flexibility index (Phi) is 5.58. The van der Waals surface area contributed by atoms with Gasteiger partial charge in [0.05, 0.1) is 12.1 Å². The maximum atomic E-state index is 12.4. The molecule has 2 fully saturated rings. The summed E-state index contributed by atoms with van der Waals surface area (Å²) in [6.45, 7) is 7.41. The first-order valence-corrected chi connectivity index (χ1v) is 7.84. The Labute approximate surface area is 126 Å². The summed E-state index contributed by atoms with van der Waals surface area (Å²) >= 11 is 0. The topological polar surface area (TPSA) is 61.9 Å². The molecular weight excluding hydrogens is 270 g/mol. The van der Waals surface area contributed by atoms with Gasteiger partial charge in [-0.25, -0.2) is 0 Å². The van der Waals surface area contributed by atoms with Crippen molar-refractivity contribution >= 4 is 11.8 Å². The summed E-state index contributed by atoms with van der Waals surface area (Å²) < 4.78 is 5.28. The molecule has 2 aliphatic heterocycles. The molecule has 0 aromatic rings. The first-order valence-electron chi connectivity index (χ1n) is 7.84. The predicted octanol–water partition coefficient (Wildman–Crippen LogP) is 0.0802. The van der Waals surface area contributed by atoms with Gasteiger partial charge in [0.1, 0.15) is 0 Å². The molecule has 0 bridgehead atoms. The van der Waals surface area contributed by atoms with E-state index in [1.165, 1.54) is 0 Å². The van der Waals surface area contributed by atoms with E-state index < -0.39 is 0 Å². The molecule has 6 nitrogen and oxygen atoms in total. The molecule has 0 aliphatic carbocycles. The smallest absolute Gasteiger partial charge is 0.239 e. The van der Waals surface area contributed by atoms with Crippen molar-refractivity contribution in [3.63, 3.8) is 0 Å². The van der Waals surface area contributed by atoms with Gasteiger partial charge in [0.15, 0.2) is 0 Å². The summed E-state index contributed by atoms with van der Waals surface area (Å²) in [5, 5.41) is 3.22. The number of ether oxygens (including phenoxy) is 1. The number of nitrogens with zero attached hydrogens (tertiary/aromatic N) is 2.